The lowest BCUT2D eigenvalue weighted by atomic mass is 10.1. The number of nitrogens with zero attached hydrogens (tertiary/aromatic N) is 1. The average Bonchev–Trinajstić information content (AvgIpc) is 2.62. The molecule has 0 aliphatic carbocycles. The molecule has 1 atom stereocenters. The van der Waals surface area contributed by atoms with Crippen molar-refractivity contribution in [3.05, 3.63) is 59.4 Å². The predicted octanol–water partition coefficient (Wildman–Crippen LogP) is 4.16. The zero-order chi connectivity index (χ0) is 18.7. The molecule has 6 heteroatoms. The van der Waals surface area contributed by atoms with Crippen molar-refractivity contribution in [1.82, 2.24) is 4.72 Å². The first-order valence-electron chi connectivity index (χ1n) is 9.00. The highest BCUT2D eigenvalue weighted by Gasteiger charge is 2.21. The second-order valence-electron chi connectivity index (χ2n) is 6.89. The van der Waals surface area contributed by atoms with Crippen molar-refractivity contribution in [1.29, 1.82) is 0 Å². The first-order valence-corrected chi connectivity index (χ1v) is 10.5. The van der Waals surface area contributed by atoms with Crippen LogP contribution in [0.15, 0.2) is 47.4 Å². The number of sulfonamides is 1. The van der Waals surface area contributed by atoms with E-state index in [0.29, 0.717) is 5.56 Å². The van der Waals surface area contributed by atoms with Crippen molar-refractivity contribution in [3.8, 4) is 0 Å². The van der Waals surface area contributed by atoms with Gasteiger partial charge in [0.05, 0.1) is 4.90 Å². The van der Waals surface area contributed by atoms with Crippen LogP contribution in [-0.4, -0.2) is 21.5 Å². The van der Waals surface area contributed by atoms with Crippen molar-refractivity contribution in [3.63, 3.8) is 0 Å². The van der Waals surface area contributed by atoms with E-state index < -0.39 is 15.8 Å². The Kier molecular flexibility index (Phi) is 5.63. The summed E-state index contributed by atoms with van der Waals surface area (Å²) in [6.45, 7) is 5.55. The van der Waals surface area contributed by atoms with Crippen LogP contribution in [0.5, 0.6) is 0 Å². The number of piperidine rings is 1. The van der Waals surface area contributed by atoms with Crippen LogP contribution < -0.4 is 9.62 Å². The van der Waals surface area contributed by atoms with Crippen LogP contribution in [0.25, 0.3) is 0 Å². The Morgan fingerprint density at radius 3 is 2.31 bits per heavy atom. The topological polar surface area (TPSA) is 49.4 Å². The fourth-order valence-corrected chi connectivity index (χ4v) is 4.86. The van der Waals surface area contributed by atoms with Crippen molar-refractivity contribution in [2.24, 2.45) is 0 Å². The van der Waals surface area contributed by atoms with E-state index in [1.165, 1.54) is 43.1 Å². The molecule has 3 rings (SSSR count). The lowest BCUT2D eigenvalue weighted by Gasteiger charge is -2.29. The van der Waals surface area contributed by atoms with Gasteiger partial charge in [-0.2, -0.15) is 0 Å². The van der Waals surface area contributed by atoms with E-state index in [-0.39, 0.29) is 10.9 Å². The minimum absolute atomic E-state index is 0.107. The lowest BCUT2D eigenvalue weighted by Crippen LogP contribution is -2.29. The maximum Gasteiger partial charge on any atom is 0.241 e. The molecule has 0 saturated carbocycles. The minimum Gasteiger partial charge on any atom is -0.372 e. The molecule has 1 heterocycles. The highest BCUT2D eigenvalue weighted by atomic mass is 32.2. The summed E-state index contributed by atoms with van der Waals surface area (Å²) < 4.78 is 41.2. The first-order chi connectivity index (χ1) is 12.4. The van der Waals surface area contributed by atoms with E-state index in [0.717, 1.165) is 18.7 Å². The second-order valence-corrected chi connectivity index (χ2v) is 8.57. The summed E-state index contributed by atoms with van der Waals surface area (Å²) in [5.41, 5.74) is 2.47. The molecule has 1 N–H and O–H groups in total. The Morgan fingerprint density at radius 2 is 1.69 bits per heavy atom. The highest BCUT2D eigenvalue weighted by molar-refractivity contribution is 7.89. The molecule has 0 radical (unpaired) electrons. The average molecular weight is 376 g/mol. The molecule has 0 aromatic heterocycles. The molecule has 0 bridgehead atoms. The third kappa shape index (κ3) is 4.24. The van der Waals surface area contributed by atoms with Gasteiger partial charge in [0, 0.05) is 24.8 Å². The van der Waals surface area contributed by atoms with E-state index >= 15 is 0 Å². The van der Waals surface area contributed by atoms with E-state index in [1.807, 2.05) is 19.1 Å². The summed E-state index contributed by atoms with van der Waals surface area (Å²) in [4.78, 5) is 2.47. The van der Waals surface area contributed by atoms with Crippen LogP contribution >= 0.6 is 0 Å². The van der Waals surface area contributed by atoms with Crippen molar-refractivity contribution in [2.75, 3.05) is 18.0 Å². The molecule has 1 aliphatic rings. The van der Waals surface area contributed by atoms with Gasteiger partial charge in [-0.05, 0) is 74.6 Å². The van der Waals surface area contributed by atoms with Gasteiger partial charge in [0.15, 0.2) is 0 Å². The zero-order valence-electron chi connectivity index (χ0n) is 15.2. The van der Waals surface area contributed by atoms with Crippen LogP contribution in [0.1, 0.15) is 43.4 Å². The van der Waals surface area contributed by atoms with Gasteiger partial charge in [-0.25, -0.2) is 17.5 Å². The number of anilines is 1. The summed E-state index contributed by atoms with van der Waals surface area (Å²) >= 11 is 0. The smallest absolute Gasteiger partial charge is 0.241 e. The predicted molar refractivity (Wildman–Crippen MR) is 102 cm³/mol. The molecule has 2 aromatic carbocycles. The normalized spacial score (nSPS) is 16.5. The molecule has 1 saturated heterocycles. The molecule has 4 nitrogen and oxygen atoms in total. The molecule has 1 fully saturated rings. The van der Waals surface area contributed by atoms with Crippen LogP contribution in [0.3, 0.4) is 0 Å². The van der Waals surface area contributed by atoms with Crippen molar-refractivity contribution < 1.29 is 12.8 Å². The maximum absolute atomic E-state index is 13.2. The molecule has 0 unspecified atom stereocenters. The van der Waals surface area contributed by atoms with Gasteiger partial charge in [0.1, 0.15) is 5.82 Å². The Morgan fingerprint density at radius 1 is 1.04 bits per heavy atom. The van der Waals surface area contributed by atoms with Gasteiger partial charge in [-0.1, -0.05) is 12.1 Å². The summed E-state index contributed by atoms with van der Waals surface area (Å²) in [5, 5.41) is 0. The second kappa shape index (κ2) is 7.76. The van der Waals surface area contributed by atoms with E-state index in [2.05, 4.69) is 21.8 Å². The van der Waals surface area contributed by atoms with Gasteiger partial charge in [-0.15, -0.1) is 0 Å². The third-order valence-electron chi connectivity index (χ3n) is 4.87. The van der Waals surface area contributed by atoms with Crippen LogP contribution in [0, 0.1) is 12.7 Å². The highest BCUT2D eigenvalue weighted by Crippen LogP contribution is 2.24. The van der Waals surface area contributed by atoms with E-state index in [9.17, 15) is 12.8 Å². The number of hydrogen-bond acceptors (Lipinski definition) is 3. The Labute approximate surface area is 155 Å². The first kappa shape index (κ1) is 18.9. The van der Waals surface area contributed by atoms with Gasteiger partial charge < -0.3 is 4.90 Å². The van der Waals surface area contributed by atoms with E-state index in [4.69, 9.17) is 0 Å². The summed E-state index contributed by atoms with van der Waals surface area (Å²) in [6.07, 6.45) is 3.72. The van der Waals surface area contributed by atoms with Gasteiger partial charge in [0.2, 0.25) is 10.0 Å². The standard InChI is InChI=1S/C20H25FN2O2S/c1-15-14-18(21)8-11-20(15)26(24,25)22-16(2)17-6-9-19(10-7-17)23-12-4-3-5-13-23/h6-11,14,16,22H,3-5,12-13H2,1-2H3/t16-/m0/s1. The summed E-state index contributed by atoms with van der Waals surface area (Å²) in [5.74, 6) is -0.442. The monoisotopic (exact) mass is 376 g/mol. The number of benzene rings is 2. The number of aryl methyl sites for hydroxylation is 1. The Bertz CT molecular complexity index is 860. The molecule has 1 aliphatic heterocycles. The fraction of sp³-hybridized carbons (Fsp3) is 0.400. The molecule has 0 amide bonds. The minimum atomic E-state index is -3.71. The van der Waals surface area contributed by atoms with Crippen molar-refractivity contribution in [2.45, 2.75) is 44.0 Å². The Hall–Kier alpha value is -1.92. The van der Waals surface area contributed by atoms with E-state index in [1.54, 1.807) is 6.92 Å². The zero-order valence-corrected chi connectivity index (χ0v) is 16.0. The molecular weight excluding hydrogens is 351 g/mol. The summed E-state index contributed by atoms with van der Waals surface area (Å²) in [7, 11) is -3.71. The Balaban J connectivity index is 1.73. The van der Waals surface area contributed by atoms with Crippen LogP contribution in [-0.2, 0) is 10.0 Å². The number of halogens is 1. The van der Waals surface area contributed by atoms with Crippen LogP contribution in [0.2, 0.25) is 0 Å². The SMILES string of the molecule is Cc1cc(F)ccc1S(=O)(=O)N[C@@H](C)c1ccc(N2CCCCC2)cc1. The molecular formula is C20H25FN2O2S. The number of rotatable bonds is 5. The third-order valence-corrected chi connectivity index (χ3v) is 6.57. The fourth-order valence-electron chi connectivity index (χ4n) is 3.40. The number of nitrogens with one attached hydrogen (secondary N) is 1. The molecule has 0 spiro atoms. The quantitative estimate of drug-likeness (QED) is 0.852. The van der Waals surface area contributed by atoms with Gasteiger partial charge >= 0.3 is 0 Å². The summed E-state index contributed by atoms with van der Waals surface area (Å²) in [6, 6.07) is 11.4. The number of hydrogen-bond donors (Lipinski definition) is 1. The maximum atomic E-state index is 13.2. The van der Waals surface area contributed by atoms with Gasteiger partial charge in [-0.3, -0.25) is 0 Å². The van der Waals surface area contributed by atoms with Gasteiger partial charge in [0.25, 0.3) is 0 Å². The van der Waals surface area contributed by atoms with Crippen molar-refractivity contribution >= 4 is 15.7 Å². The molecule has 140 valence electrons. The van der Waals surface area contributed by atoms with Crippen LogP contribution in [0.4, 0.5) is 10.1 Å². The largest absolute Gasteiger partial charge is 0.372 e. The lowest BCUT2D eigenvalue weighted by molar-refractivity contribution is 0.565. The molecule has 2 aromatic rings. The molecule has 26 heavy (non-hydrogen) atoms.